The number of nitrogens with zero attached hydrogens (tertiary/aromatic N) is 3. The lowest BCUT2D eigenvalue weighted by atomic mass is 9.80. The third kappa shape index (κ3) is 7.25. The van der Waals surface area contributed by atoms with Crippen molar-refractivity contribution >= 4 is 29.5 Å². The summed E-state index contributed by atoms with van der Waals surface area (Å²) in [7, 11) is 0. The van der Waals surface area contributed by atoms with Crippen LogP contribution in [0.15, 0.2) is 24.3 Å². The third-order valence-electron chi connectivity index (χ3n) is 6.87. The van der Waals surface area contributed by atoms with E-state index in [4.69, 9.17) is 11.6 Å². The first-order valence-corrected chi connectivity index (χ1v) is 12.2. The van der Waals surface area contributed by atoms with Crippen LogP contribution in [0.25, 0.3) is 6.08 Å². The van der Waals surface area contributed by atoms with Gasteiger partial charge in [-0.3, -0.25) is 14.5 Å². The summed E-state index contributed by atoms with van der Waals surface area (Å²) >= 11 is 5.78. The van der Waals surface area contributed by atoms with Crippen molar-refractivity contribution in [2.24, 2.45) is 5.41 Å². The zero-order valence-corrected chi connectivity index (χ0v) is 20.7. The molecule has 34 heavy (non-hydrogen) atoms. The van der Waals surface area contributed by atoms with Crippen LogP contribution in [-0.4, -0.2) is 94.7 Å². The smallest absolute Gasteiger partial charge is 0.246 e. The van der Waals surface area contributed by atoms with Crippen molar-refractivity contribution in [1.29, 1.82) is 0 Å². The Hall–Kier alpha value is -2.00. The number of halogens is 2. The summed E-state index contributed by atoms with van der Waals surface area (Å²) in [6, 6.07) is 4.23. The van der Waals surface area contributed by atoms with Gasteiger partial charge in [-0.05, 0) is 48.6 Å². The molecule has 7 nitrogen and oxygen atoms in total. The van der Waals surface area contributed by atoms with Crippen LogP contribution in [0.4, 0.5) is 4.39 Å². The molecule has 0 aliphatic carbocycles. The molecule has 2 amide bonds. The molecule has 2 aliphatic rings. The van der Waals surface area contributed by atoms with Crippen LogP contribution in [0.1, 0.15) is 38.7 Å². The molecule has 1 aromatic carbocycles. The number of rotatable bonds is 7. The van der Waals surface area contributed by atoms with Gasteiger partial charge < -0.3 is 20.0 Å². The summed E-state index contributed by atoms with van der Waals surface area (Å²) in [5.74, 6) is -0.771. The first kappa shape index (κ1) is 26.6. The second-order valence-electron chi connectivity index (χ2n) is 9.92. The number of β-amino-alcohol motifs (C(OH)–C–C–N with tert-alkyl or cyclic N) is 2. The Bertz CT molecular complexity index is 910. The summed E-state index contributed by atoms with van der Waals surface area (Å²) in [6.45, 7) is 7.52. The minimum absolute atomic E-state index is 0.00639. The SMILES string of the molecule is CC1(C)CCN(CC(O)CCN2CCN(C(=O)C=Cc3ccc(F)c(Cl)c3)CCC2=O)C[C@@H]1O. The fraction of sp³-hybridized carbons (Fsp3) is 0.600. The molecule has 188 valence electrons. The Morgan fingerprint density at radius 3 is 2.76 bits per heavy atom. The van der Waals surface area contributed by atoms with Crippen molar-refractivity contribution in [2.45, 2.75) is 45.3 Å². The average molecular weight is 496 g/mol. The minimum atomic E-state index is -0.590. The fourth-order valence-corrected chi connectivity index (χ4v) is 4.46. The van der Waals surface area contributed by atoms with Crippen molar-refractivity contribution in [3.63, 3.8) is 0 Å². The molecule has 2 fully saturated rings. The maximum Gasteiger partial charge on any atom is 0.246 e. The van der Waals surface area contributed by atoms with Gasteiger partial charge in [0.15, 0.2) is 0 Å². The van der Waals surface area contributed by atoms with Crippen molar-refractivity contribution in [1.82, 2.24) is 14.7 Å². The second-order valence-corrected chi connectivity index (χ2v) is 10.3. The van der Waals surface area contributed by atoms with E-state index in [1.54, 1.807) is 15.9 Å². The van der Waals surface area contributed by atoms with E-state index in [1.165, 1.54) is 24.3 Å². The molecular formula is C25H35ClFN3O4. The zero-order chi connectivity index (χ0) is 24.9. The average Bonchev–Trinajstić information content (AvgIpc) is 2.97. The number of carbonyl (C=O) groups is 2. The molecule has 1 aromatic rings. The predicted molar refractivity (Wildman–Crippen MR) is 130 cm³/mol. The topological polar surface area (TPSA) is 84.3 Å². The molecule has 0 saturated carbocycles. The lowest BCUT2D eigenvalue weighted by molar-refractivity contribution is -0.130. The summed E-state index contributed by atoms with van der Waals surface area (Å²) in [6.07, 6.45) is 3.52. The number of piperidine rings is 1. The Labute approximate surface area is 205 Å². The van der Waals surface area contributed by atoms with Crippen molar-refractivity contribution in [2.75, 3.05) is 45.8 Å². The second kappa shape index (κ2) is 11.6. The van der Waals surface area contributed by atoms with Crippen LogP contribution in [-0.2, 0) is 9.59 Å². The molecule has 2 atom stereocenters. The van der Waals surface area contributed by atoms with E-state index in [9.17, 15) is 24.2 Å². The van der Waals surface area contributed by atoms with Crippen LogP contribution in [0.2, 0.25) is 5.02 Å². The van der Waals surface area contributed by atoms with Crippen LogP contribution in [0, 0.1) is 11.2 Å². The molecular weight excluding hydrogens is 461 g/mol. The van der Waals surface area contributed by atoms with Gasteiger partial charge in [0.05, 0.1) is 17.2 Å². The molecule has 0 spiro atoms. The molecule has 0 bridgehead atoms. The van der Waals surface area contributed by atoms with Crippen LogP contribution >= 0.6 is 11.6 Å². The number of hydrogen-bond acceptors (Lipinski definition) is 5. The fourth-order valence-electron chi connectivity index (χ4n) is 4.27. The van der Waals surface area contributed by atoms with Gasteiger partial charge in [0.25, 0.3) is 0 Å². The lowest BCUT2D eigenvalue weighted by Gasteiger charge is -2.41. The predicted octanol–water partition coefficient (Wildman–Crippen LogP) is 2.40. The van der Waals surface area contributed by atoms with Crippen LogP contribution in [0.5, 0.6) is 0 Å². The van der Waals surface area contributed by atoms with Crippen LogP contribution < -0.4 is 0 Å². The van der Waals surface area contributed by atoms with Crippen molar-refractivity contribution < 1.29 is 24.2 Å². The van der Waals surface area contributed by atoms with Gasteiger partial charge in [0.2, 0.25) is 11.8 Å². The molecule has 3 rings (SSSR count). The third-order valence-corrected chi connectivity index (χ3v) is 7.16. The Morgan fingerprint density at radius 1 is 1.29 bits per heavy atom. The van der Waals surface area contributed by atoms with Crippen molar-refractivity contribution in [3.05, 3.63) is 40.7 Å². The summed E-state index contributed by atoms with van der Waals surface area (Å²) in [5, 5.41) is 20.8. The van der Waals surface area contributed by atoms with E-state index in [2.05, 4.69) is 18.7 Å². The van der Waals surface area contributed by atoms with Gasteiger partial charge in [-0.2, -0.15) is 0 Å². The van der Waals surface area contributed by atoms with E-state index < -0.39 is 18.0 Å². The number of hydrogen-bond donors (Lipinski definition) is 2. The molecule has 2 heterocycles. The monoisotopic (exact) mass is 495 g/mol. The van der Waals surface area contributed by atoms with E-state index in [-0.39, 0.29) is 28.7 Å². The molecule has 9 heteroatoms. The molecule has 0 aromatic heterocycles. The molecule has 2 aliphatic heterocycles. The number of aliphatic hydroxyl groups excluding tert-OH is 2. The number of aliphatic hydroxyl groups is 2. The largest absolute Gasteiger partial charge is 0.392 e. The van der Waals surface area contributed by atoms with Crippen LogP contribution in [0.3, 0.4) is 0 Å². The highest BCUT2D eigenvalue weighted by Crippen LogP contribution is 2.30. The maximum atomic E-state index is 13.3. The standard InChI is InChI=1S/C25H35ClFN3O4/c1-25(2)9-12-28(17-22(25)32)16-19(31)7-10-29-13-14-30(11-8-24(29)34)23(33)6-4-18-3-5-21(27)20(26)15-18/h3-6,15,19,22,31-32H,7-14,16-17H2,1-2H3/t19?,22-/m0/s1. The number of carbonyl (C=O) groups excluding carboxylic acids is 2. The Kier molecular flexibility index (Phi) is 9.09. The molecule has 1 unspecified atom stereocenters. The first-order valence-electron chi connectivity index (χ1n) is 11.8. The van der Waals surface area contributed by atoms with Gasteiger partial charge in [-0.15, -0.1) is 0 Å². The summed E-state index contributed by atoms with van der Waals surface area (Å²) in [5.41, 5.74) is 0.510. The highest BCUT2D eigenvalue weighted by atomic mass is 35.5. The van der Waals surface area contributed by atoms with E-state index in [0.29, 0.717) is 51.3 Å². The van der Waals surface area contributed by atoms with E-state index >= 15 is 0 Å². The first-order chi connectivity index (χ1) is 16.0. The number of amides is 2. The Balaban J connectivity index is 1.45. The quantitative estimate of drug-likeness (QED) is 0.567. The zero-order valence-electron chi connectivity index (χ0n) is 19.9. The lowest BCUT2D eigenvalue weighted by Crippen LogP contribution is -2.50. The van der Waals surface area contributed by atoms with Gasteiger partial charge in [0.1, 0.15) is 5.82 Å². The Morgan fingerprint density at radius 2 is 2.06 bits per heavy atom. The summed E-state index contributed by atoms with van der Waals surface area (Å²) < 4.78 is 13.3. The number of benzene rings is 1. The highest BCUT2D eigenvalue weighted by Gasteiger charge is 2.34. The maximum absolute atomic E-state index is 13.3. The number of likely N-dealkylation sites (tertiary alicyclic amines) is 1. The highest BCUT2D eigenvalue weighted by molar-refractivity contribution is 6.30. The van der Waals surface area contributed by atoms with Crippen molar-refractivity contribution in [3.8, 4) is 0 Å². The van der Waals surface area contributed by atoms with E-state index in [1.807, 2.05) is 0 Å². The van der Waals surface area contributed by atoms with Gasteiger partial charge in [-0.25, -0.2) is 4.39 Å². The van der Waals surface area contributed by atoms with E-state index in [0.717, 1.165) is 13.0 Å². The normalized spacial score (nSPS) is 22.8. The molecule has 0 radical (unpaired) electrons. The summed E-state index contributed by atoms with van der Waals surface area (Å²) in [4.78, 5) is 30.5. The molecule has 2 saturated heterocycles. The van der Waals surface area contributed by atoms with Gasteiger partial charge in [0, 0.05) is 51.8 Å². The minimum Gasteiger partial charge on any atom is -0.392 e. The van der Waals surface area contributed by atoms with Gasteiger partial charge >= 0.3 is 0 Å². The van der Waals surface area contributed by atoms with Gasteiger partial charge in [-0.1, -0.05) is 31.5 Å². The molecule has 2 N–H and O–H groups in total.